The summed E-state index contributed by atoms with van der Waals surface area (Å²) < 4.78 is 0. The molecule has 108 valence electrons. The number of nitrogens with zero attached hydrogens (tertiary/aromatic N) is 2. The maximum absolute atomic E-state index is 5.47. The van der Waals surface area contributed by atoms with E-state index in [1.54, 1.807) is 0 Å². The minimum absolute atomic E-state index is 0.348. The molecule has 1 unspecified atom stereocenters. The van der Waals surface area contributed by atoms with Crippen molar-refractivity contribution in [2.75, 3.05) is 24.5 Å². The normalized spacial score (nSPS) is 15.7. The standard InChI is InChI=1S/C17H25N3/c1-4-10-18-14(3)16-8-9-17(19-12-16)20(11-5-2)13-15-6-7-15/h2,8-9,12,14-15,18H,4,6-7,10-11,13H2,1,3H3. The molecule has 1 aliphatic carbocycles. The van der Waals surface area contributed by atoms with Crippen LogP contribution in [0.15, 0.2) is 18.3 Å². The lowest BCUT2D eigenvalue weighted by molar-refractivity contribution is 0.569. The third-order valence-electron chi connectivity index (χ3n) is 3.75. The first-order valence-electron chi connectivity index (χ1n) is 7.62. The highest BCUT2D eigenvalue weighted by Crippen LogP contribution is 2.31. The number of hydrogen-bond acceptors (Lipinski definition) is 3. The molecule has 1 saturated carbocycles. The summed E-state index contributed by atoms with van der Waals surface area (Å²) in [5, 5.41) is 3.48. The molecule has 3 heteroatoms. The monoisotopic (exact) mass is 271 g/mol. The Balaban J connectivity index is 1.99. The maximum Gasteiger partial charge on any atom is 0.129 e. The molecule has 1 fully saturated rings. The van der Waals surface area contributed by atoms with Crippen LogP contribution in [-0.2, 0) is 0 Å². The first-order chi connectivity index (χ1) is 9.74. The number of pyridine rings is 1. The van der Waals surface area contributed by atoms with Gasteiger partial charge in [-0.1, -0.05) is 18.9 Å². The lowest BCUT2D eigenvalue weighted by atomic mass is 10.1. The van der Waals surface area contributed by atoms with E-state index in [0.717, 1.165) is 31.2 Å². The van der Waals surface area contributed by atoms with Crippen LogP contribution in [0.4, 0.5) is 5.82 Å². The Bertz CT molecular complexity index is 442. The van der Waals surface area contributed by atoms with E-state index < -0.39 is 0 Å². The molecule has 0 spiro atoms. The lowest BCUT2D eigenvalue weighted by Gasteiger charge is -2.22. The summed E-state index contributed by atoms with van der Waals surface area (Å²) in [5.74, 6) is 4.55. The van der Waals surface area contributed by atoms with Crippen molar-refractivity contribution in [2.45, 2.75) is 39.2 Å². The van der Waals surface area contributed by atoms with Gasteiger partial charge in [0.15, 0.2) is 0 Å². The number of terminal acetylenes is 1. The quantitative estimate of drug-likeness (QED) is 0.737. The molecule has 0 aromatic carbocycles. The van der Waals surface area contributed by atoms with Crippen molar-refractivity contribution in [3.63, 3.8) is 0 Å². The molecule has 1 heterocycles. The number of rotatable bonds is 8. The van der Waals surface area contributed by atoms with Crippen molar-refractivity contribution < 1.29 is 0 Å². The highest BCUT2D eigenvalue weighted by Gasteiger charge is 2.24. The molecule has 1 N–H and O–H groups in total. The molecule has 1 atom stereocenters. The Morgan fingerprint density at radius 3 is 2.85 bits per heavy atom. The van der Waals surface area contributed by atoms with Gasteiger partial charge in [-0.2, -0.15) is 0 Å². The zero-order chi connectivity index (χ0) is 14.4. The zero-order valence-corrected chi connectivity index (χ0v) is 12.6. The van der Waals surface area contributed by atoms with Gasteiger partial charge >= 0.3 is 0 Å². The molecule has 1 aliphatic rings. The predicted octanol–water partition coefficient (Wildman–Crippen LogP) is 2.99. The van der Waals surface area contributed by atoms with Crippen LogP contribution in [0.1, 0.15) is 44.7 Å². The van der Waals surface area contributed by atoms with Gasteiger partial charge in [0.2, 0.25) is 0 Å². The van der Waals surface area contributed by atoms with E-state index in [2.05, 4.69) is 47.1 Å². The van der Waals surface area contributed by atoms with Gasteiger partial charge in [-0.05, 0) is 50.3 Å². The number of aromatic nitrogens is 1. The van der Waals surface area contributed by atoms with Gasteiger partial charge in [0.25, 0.3) is 0 Å². The van der Waals surface area contributed by atoms with E-state index in [-0.39, 0.29) is 0 Å². The first-order valence-corrected chi connectivity index (χ1v) is 7.62. The van der Waals surface area contributed by atoms with E-state index in [1.807, 2.05) is 6.20 Å². The minimum atomic E-state index is 0.348. The van der Waals surface area contributed by atoms with E-state index in [1.165, 1.54) is 18.4 Å². The molecule has 1 aromatic heterocycles. The predicted molar refractivity (Wildman–Crippen MR) is 84.7 cm³/mol. The summed E-state index contributed by atoms with van der Waals surface area (Å²) in [6.07, 6.45) is 11.2. The molecule has 0 aliphatic heterocycles. The zero-order valence-electron chi connectivity index (χ0n) is 12.6. The third kappa shape index (κ3) is 4.25. The smallest absolute Gasteiger partial charge is 0.129 e. The van der Waals surface area contributed by atoms with E-state index in [4.69, 9.17) is 6.42 Å². The Morgan fingerprint density at radius 1 is 1.50 bits per heavy atom. The minimum Gasteiger partial charge on any atom is -0.345 e. The van der Waals surface area contributed by atoms with Gasteiger partial charge in [0.05, 0.1) is 6.54 Å². The van der Waals surface area contributed by atoms with Crippen LogP contribution in [0.5, 0.6) is 0 Å². The molecular formula is C17H25N3. The first kappa shape index (κ1) is 14.9. The van der Waals surface area contributed by atoms with Crippen LogP contribution >= 0.6 is 0 Å². The van der Waals surface area contributed by atoms with Crippen molar-refractivity contribution in [2.24, 2.45) is 5.92 Å². The third-order valence-corrected chi connectivity index (χ3v) is 3.75. The average molecular weight is 271 g/mol. The van der Waals surface area contributed by atoms with Crippen LogP contribution in [0.3, 0.4) is 0 Å². The average Bonchev–Trinajstić information content (AvgIpc) is 3.28. The number of nitrogens with one attached hydrogen (secondary N) is 1. The van der Waals surface area contributed by atoms with E-state index in [0.29, 0.717) is 12.6 Å². The summed E-state index contributed by atoms with van der Waals surface area (Å²) in [4.78, 5) is 6.81. The van der Waals surface area contributed by atoms with Crippen LogP contribution < -0.4 is 10.2 Å². The largest absolute Gasteiger partial charge is 0.345 e. The van der Waals surface area contributed by atoms with Crippen molar-refractivity contribution in [3.05, 3.63) is 23.9 Å². The van der Waals surface area contributed by atoms with Gasteiger partial charge in [-0.15, -0.1) is 6.42 Å². The number of hydrogen-bond donors (Lipinski definition) is 1. The van der Waals surface area contributed by atoms with Crippen molar-refractivity contribution in [3.8, 4) is 12.3 Å². The van der Waals surface area contributed by atoms with Gasteiger partial charge < -0.3 is 10.2 Å². The molecule has 3 nitrogen and oxygen atoms in total. The topological polar surface area (TPSA) is 28.2 Å². The molecule has 0 bridgehead atoms. The lowest BCUT2D eigenvalue weighted by Crippen LogP contribution is -2.27. The van der Waals surface area contributed by atoms with Gasteiger partial charge in [-0.25, -0.2) is 4.98 Å². The second kappa shape index (κ2) is 7.31. The molecule has 1 aromatic rings. The molecule has 2 rings (SSSR count). The summed E-state index contributed by atoms with van der Waals surface area (Å²) in [6.45, 7) is 7.08. The maximum atomic E-state index is 5.47. The fourth-order valence-corrected chi connectivity index (χ4v) is 2.28. The highest BCUT2D eigenvalue weighted by atomic mass is 15.2. The fourth-order valence-electron chi connectivity index (χ4n) is 2.28. The van der Waals surface area contributed by atoms with Gasteiger partial charge in [-0.3, -0.25) is 0 Å². The van der Waals surface area contributed by atoms with Crippen molar-refractivity contribution >= 4 is 5.82 Å². The summed E-state index contributed by atoms with van der Waals surface area (Å²) in [5.41, 5.74) is 1.23. The van der Waals surface area contributed by atoms with Crippen LogP contribution in [0.25, 0.3) is 0 Å². The molecule has 0 radical (unpaired) electrons. The second-order valence-electron chi connectivity index (χ2n) is 5.65. The molecule has 0 amide bonds. The molecular weight excluding hydrogens is 246 g/mol. The van der Waals surface area contributed by atoms with Crippen LogP contribution in [0.2, 0.25) is 0 Å². The Kier molecular flexibility index (Phi) is 5.43. The van der Waals surface area contributed by atoms with Gasteiger partial charge in [0, 0.05) is 18.8 Å². The van der Waals surface area contributed by atoms with Crippen LogP contribution in [-0.4, -0.2) is 24.6 Å². The number of anilines is 1. The summed E-state index contributed by atoms with van der Waals surface area (Å²) in [6, 6.07) is 4.60. The summed E-state index contributed by atoms with van der Waals surface area (Å²) in [7, 11) is 0. The highest BCUT2D eigenvalue weighted by molar-refractivity contribution is 5.41. The summed E-state index contributed by atoms with van der Waals surface area (Å²) >= 11 is 0. The Hall–Kier alpha value is -1.53. The molecule has 0 saturated heterocycles. The van der Waals surface area contributed by atoms with Crippen molar-refractivity contribution in [1.82, 2.24) is 10.3 Å². The SMILES string of the molecule is C#CCN(CC1CC1)c1ccc(C(C)NCCC)cn1. The van der Waals surface area contributed by atoms with Gasteiger partial charge in [0.1, 0.15) is 5.82 Å². The Labute approximate surface area is 122 Å². The van der Waals surface area contributed by atoms with E-state index in [9.17, 15) is 0 Å². The van der Waals surface area contributed by atoms with E-state index >= 15 is 0 Å². The Morgan fingerprint density at radius 2 is 2.30 bits per heavy atom. The second-order valence-corrected chi connectivity index (χ2v) is 5.65. The van der Waals surface area contributed by atoms with Crippen molar-refractivity contribution in [1.29, 1.82) is 0 Å². The van der Waals surface area contributed by atoms with Crippen LogP contribution in [0, 0.1) is 18.3 Å². The molecule has 20 heavy (non-hydrogen) atoms. The fraction of sp³-hybridized carbons (Fsp3) is 0.588.